The van der Waals surface area contributed by atoms with Crippen LogP contribution in [0.25, 0.3) is 0 Å². The van der Waals surface area contributed by atoms with Gasteiger partial charge in [0.1, 0.15) is 12.2 Å². The molecule has 138 valence electrons. The third kappa shape index (κ3) is 4.01. The first-order chi connectivity index (χ1) is 10.9. The summed E-state index contributed by atoms with van der Waals surface area (Å²) >= 11 is 0. The first-order valence-electron chi connectivity index (χ1n) is 8.42. The number of rotatable bonds is 3. The second-order valence-electron chi connectivity index (χ2n) is 8.45. The molecule has 0 radical (unpaired) electrons. The van der Waals surface area contributed by atoms with Crippen LogP contribution >= 0.6 is 0 Å². The molecule has 1 heterocycles. The minimum atomic E-state index is -1.96. The first kappa shape index (κ1) is 19.4. The second kappa shape index (κ2) is 6.44. The normalized spacial score (nSPS) is 32.3. The van der Waals surface area contributed by atoms with Crippen molar-refractivity contribution in [1.82, 2.24) is 5.32 Å². The second-order valence-corrected chi connectivity index (χ2v) is 13.2. The lowest BCUT2D eigenvalue weighted by Crippen LogP contribution is -2.55. The van der Waals surface area contributed by atoms with Gasteiger partial charge in [-0.15, -0.1) is 0 Å². The molecule has 1 saturated heterocycles. The quantitative estimate of drug-likeness (QED) is 0.621. The maximum atomic E-state index is 11.6. The van der Waals surface area contributed by atoms with E-state index in [9.17, 15) is 4.79 Å². The zero-order valence-corrected chi connectivity index (χ0v) is 17.0. The van der Waals surface area contributed by atoms with Crippen molar-refractivity contribution in [2.24, 2.45) is 0 Å². The number of fused-ring (bicyclic) bond motifs is 1. The molecule has 0 bridgehead atoms. The maximum Gasteiger partial charge on any atom is 0.407 e. The molecule has 0 aromatic carbocycles. The average Bonchev–Trinajstić information content (AvgIpc) is 2.76. The Kier molecular flexibility index (Phi) is 5.21. The highest BCUT2D eigenvalue weighted by molar-refractivity contribution is 6.74. The highest BCUT2D eigenvalue weighted by Crippen LogP contribution is 2.41. The van der Waals surface area contributed by atoms with E-state index in [1.165, 1.54) is 7.11 Å². The van der Waals surface area contributed by atoms with E-state index in [4.69, 9.17) is 18.6 Å². The van der Waals surface area contributed by atoms with E-state index in [1.807, 2.05) is 26.0 Å². The van der Waals surface area contributed by atoms with Gasteiger partial charge in [-0.05, 0) is 32.0 Å². The number of methoxy groups -OCH3 is 1. The van der Waals surface area contributed by atoms with Gasteiger partial charge >= 0.3 is 6.09 Å². The number of hydrogen-bond donors (Lipinski definition) is 1. The Morgan fingerprint density at radius 1 is 1.17 bits per heavy atom. The Morgan fingerprint density at radius 2 is 1.75 bits per heavy atom. The average molecular weight is 358 g/mol. The SMILES string of the molecule is COC(=O)N[C@@H]1C=C[C@H](O[Si](C)(C)C(C)(C)C)[C@H]2OC(C)(C)O[C@H]21. The molecule has 0 saturated carbocycles. The van der Waals surface area contributed by atoms with Crippen LogP contribution in [0.5, 0.6) is 0 Å². The first-order valence-corrected chi connectivity index (χ1v) is 11.3. The van der Waals surface area contributed by atoms with Gasteiger partial charge in [0.25, 0.3) is 0 Å². The lowest BCUT2D eigenvalue weighted by atomic mass is 9.94. The summed E-state index contributed by atoms with van der Waals surface area (Å²) in [6.45, 7) is 14.8. The molecule has 6 nitrogen and oxygen atoms in total. The smallest absolute Gasteiger partial charge is 0.407 e. The van der Waals surface area contributed by atoms with Crippen molar-refractivity contribution in [2.45, 2.75) is 82.9 Å². The van der Waals surface area contributed by atoms with Crippen molar-refractivity contribution in [3.63, 3.8) is 0 Å². The summed E-state index contributed by atoms with van der Waals surface area (Å²) in [6, 6.07) is -0.302. The van der Waals surface area contributed by atoms with E-state index >= 15 is 0 Å². The largest absolute Gasteiger partial charge is 0.453 e. The monoisotopic (exact) mass is 357 g/mol. The topological polar surface area (TPSA) is 66.0 Å². The number of nitrogens with one attached hydrogen (secondary N) is 1. The van der Waals surface area contributed by atoms with Gasteiger partial charge in [0, 0.05) is 0 Å². The Hall–Kier alpha value is -0.893. The molecule has 7 heteroatoms. The van der Waals surface area contributed by atoms with Gasteiger partial charge in [0.15, 0.2) is 14.1 Å². The molecule has 0 unspecified atom stereocenters. The zero-order valence-electron chi connectivity index (χ0n) is 16.0. The number of amides is 1. The molecular formula is C17H31NO5Si. The third-order valence-electron chi connectivity index (χ3n) is 5.06. The van der Waals surface area contributed by atoms with Crippen LogP contribution in [0.2, 0.25) is 18.1 Å². The number of carbonyl (C=O) groups is 1. The van der Waals surface area contributed by atoms with Gasteiger partial charge in [0.05, 0.1) is 19.3 Å². The molecule has 4 atom stereocenters. The number of alkyl carbamates (subject to hydrolysis) is 1. The zero-order chi connectivity index (χ0) is 18.3. The highest BCUT2D eigenvalue weighted by atomic mass is 28.4. The Morgan fingerprint density at radius 3 is 2.29 bits per heavy atom. The van der Waals surface area contributed by atoms with Crippen LogP contribution in [-0.4, -0.2) is 51.7 Å². The molecule has 24 heavy (non-hydrogen) atoms. The van der Waals surface area contributed by atoms with E-state index in [0.717, 1.165) is 0 Å². The van der Waals surface area contributed by atoms with E-state index in [0.29, 0.717) is 0 Å². The van der Waals surface area contributed by atoms with Gasteiger partial charge in [-0.3, -0.25) is 0 Å². The molecule has 0 aromatic heterocycles. The van der Waals surface area contributed by atoms with Crippen LogP contribution in [0.1, 0.15) is 34.6 Å². The summed E-state index contributed by atoms with van der Waals surface area (Å²) in [5, 5.41) is 2.90. The molecule has 1 aliphatic carbocycles. The molecule has 0 aromatic rings. The summed E-state index contributed by atoms with van der Waals surface area (Å²) in [5.74, 6) is -0.716. The van der Waals surface area contributed by atoms with Crippen molar-refractivity contribution >= 4 is 14.4 Å². The lowest BCUT2D eigenvalue weighted by Gasteiger charge is -2.42. The predicted octanol–water partition coefficient (Wildman–Crippen LogP) is 3.19. The van der Waals surface area contributed by atoms with E-state index < -0.39 is 20.2 Å². The molecule has 1 amide bonds. The molecule has 1 aliphatic heterocycles. The van der Waals surface area contributed by atoms with E-state index in [2.05, 4.69) is 39.2 Å². The van der Waals surface area contributed by atoms with Gasteiger partial charge < -0.3 is 24.0 Å². The molecule has 1 fully saturated rings. The fraction of sp³-hybridized carbons (Fsp3) is 0.824. The van der Waals surface area contributed by atoms with Gasteiger partial charge in [-0.1, -0.05) is 32.9 Å². The van der Waals surface area contributed by atoms with Crippen LogP contribution in [0.3, 0.4) is 0 Å². The van der Waals surface area contributed by atoms with Crippen molar-refractivity contribution in [3.8, 4) is 0 Å². The predicted molar refractivity (Wildman–Crippen MR) is 94.4 cm³/mol. The van der Waals surface area contributed by atoms with Gasteiger partial charge in [-0.2, -0.15) is 0 Å². The van der Waals surface area contributed by atoms with Crippen LogP contribution < -0.4 is 5.32 Å². The highest BCUT2D eigenvalue weighted by Gasteiger charge is 2.52. The lowest BCUT2D eigenvalue weighted by molar-refractivity contribution is -0.151. The summed E-state index contributed by atoms with van der Waals surface area (Å²) in [4.78, 5) is 11.6. The minimum Gasteiger partial charge on any atom is -0.453 e. The molecule has 2 aliphatic rings. The number of ether oxygens (including phenoxy) is 3. The van der Waals surface area contributed by atoms with E-state index in [-0.39, 0.29) is 29.4 Å². The van der Waals surface area contributed by atoms with E-state index in [1.54, 1.807) is 0 Å². The van der Waals surface area contributed by atoms with Crippen LogP contribution in [-0.2, 0) is 18.6 Å². The van der Waals surface area contributed by atoms with Crippen LogP contribution in [0.15, 0.2) is 12.2 Å². The summed E-state index contributed by atoms with van der Waals surface area (Å²) < 4.78 is 23.4. The van der Waals surface area contributed by atoms with Crippen molar-refractivity contribution in [1.29, 1.82) is 0 Å². The minimum absolute atomic E-state index is 0.104. The molecule has 2 rings (SSSR count). The fourth-order valence-electron chi connectivity index (χ4n) is 2.75. The maximum absolute atomic E-state index is 11.6. The summed E-state index contributed by atoms with van der Waals surface area (Å²) in [5.41, 5.74) is 0. The Bertz CT molecular complexity index is 512. The molecule has 0 spiro atoms. The number of carbonyl (C=O) groups excluding carboxylic acids is 1. The van der Waals surface area contributed by atoms with Crippen molar-refractivity contribution in [2.75, 3.05) is 7.11 Å². The van der Waals surface area contributed by atoms with Crippen LogP contribution in [0.4, 0.5) is 4.79 Å². The number of hydrogen-bond acceptors (Lipinski definition) is 5. The van der Waals surface area contributed by atoms with Gasteiger partial charge in [0.2, 0.25) is 0 Å². The molecule has 1 N–H and O–H groups in total. The summed E-state index contributed by atoms with van der Waals surface area (Å²) in [6.07, 6.45) is 2.65. The van der Waals surface area contributed by atoms with Crippen molar-refractivity contribution < 1.29 is 23.4 Å². The van der Waals surface area contributed by atoms with Gasteiger partial charge in [-0.25, -0.2) is 4.79 Å². The molecular weight excluding hydrogens is 326 g/mol. The fourth-order valence-corrected chi connectivity index (χ4v) is 3.99. The Labute approximate surface area is 146 Å². The third-order valence-corrected chi connectivity index (χ3v) is 9.53. The van der Waals surface area contributed by atoms with Crippen molar-refractivity contribution in [3.05, 3.63) is 12.2 Å². The van der Waals surface area contributed by atoms with Crippen LogP contribution in [0, 0.1) is 0 Å². The summed E-state index contributed by atoms with van der Waals surface area (Å²) in [7, 11) is -0.612. The standard InChI is InChI=1S/C17H31NO5Si/c1-16(2,3)24(7,8)23-12-10-9-11(18-15(19)20-6)13-14(12)22-17(4,5)21-13/h9-14H,1-8H3,(H,18,19)/t11-,12+,13+,14-/m1/s1. The Balaban J connectivity index is 2.22.